The number of nitrogens with two attached hydrogens (primary N) is 1. The minimum absolute atomic E-state index is 0.0358. The summed E-state index contributed by atoms with van der Waals surface area (Å²) in [5, 5.41) is 0.0358. The van der Waals surface area contributed by atoms with Crippen molar-refractivity contribution in [1.29, 1.82) is 0 Å². The predicted octanol–water partition coefficient (Wildman–Crippen LogP) is 1.02. The summed E-state index contributed by atoms with van der Waals surface area (Å²) in [6.07, 6.45) is 0. The van der Waals surface area contributed by atoms with Crippen LogP contribution in [0.25, 0.3) is 0 Å². The van der Waals surface area contributed by atoms with Crippen LogP contribution in [0.3, 0.4) is 0 Å². The van der Waals surface area contributed by atoms with Crippen LogP contribution in [0.15, 0.2) is 6.07 Å². The first kappa shape index (κ1) is 3.37. The molecule has 0 saturated carbocycles. The molecule has 0 aromatic carbocycles. The second-order valence-corrected chi connectivity index (χ2v) is 1.83. The maximum atomic E-state index is 6.96. The number of aromatic nitrogens is 2. The Morgan fingerprint density at radius 3 is 3.11 bits per heavy atom. The molecule has 0 radical (unpaired) electrons. The van der Waals surface area contributed by atoms with Crippen molar-refractivity contribution in [2.75, 3.05) is 5.73 Å². The van der Waals surface area contributed by atoms with Crippen molar-refractivity contribution < 1.29 is 4.11 Å². The number of halogens is 1. The molecule has 0 unspecified atom stereocenters. The van der Waals surface area contributed by atoms with Crippen LogP contribution in [0.4, 0.5) is 5.82 Å². The molecule has 2 N–H and O–H groups in total. The highest BCUT2D eigenvalue weighted by Gasteiger charge is 1.92. The van der Waals surface area contributed by atoms with Crippen LogP contribution >= 0.6 is 11.6 Å². The molecule has 1 aromatic heterocycles. The summed E-state index contributed by atoms with van der Waals surface area (Å²) >= 11 is 5.48. The molecule has 1 aromatic rings. The van der Waals surface area contributed by atoms with E-state index in [1.165, 1.54) is 6.07 Å². The molecule has 0 aliphatic rings. The van der Waals surface area contributed by atoms with Crippen molar-refractivity contribution >= 4 is 17.4 Å². The van der Waals surface area contributed by atoms with Gasteiger partial charge in [0.15, 0.2) is 0 Å². The second kappa shape index (κ2) is 2.19. The molecule has 0 saturated heterocycles. The van der Waals surface area contributed by atoms with Gasteiger partial charge in [-0.25, -0.2) is 9.97 Å². The first-order valence-electron chi connectivity index (χ1n) is 3.70. The fourth-order valence-electron chi connectivity index (χ4n) is 0.435. The summed E-state index contributed by atoms with van der Waals surface area (Å²) in [5.41, 5.74) is 5.27. The number of rotatable bonds is 0. The lowest BCUT2D eigenvalue weighted by Crippen LogP contribution is -1.94. The van der Waals surface area contributed by atoms with Gasteiger partial charge in [0, 0.05) is 10.2 Å². The summed E-state index contributed by atoms with van der Waals surface area (Å²) in [4.78, 5) is 7.04. The lowest BCUT2D eigenvalue weighted by atomic mass is 10.5. The summed E-state index contributed by atoms with van der Waals surface area (Å²) < 4.78 is 20.9. The smallest absolute Gasteiger partial charge is 0.134 e. The standard InChI is InChI=1S/C5H6ClN3/c1-3-8-4(6)2-5(7)9-3/h2H,1H3,(H2,7,8,9)/i1D3. The molecule has 3 nitrogen and oxygen atoms in total. The monoisotopic (exact) mass is 146 g/mol. The first-order valence-corrected chi connectivity index (χ1v) is 2.58. The third-order valence-electron chi connectivity index (χ3n) is 0.715. The fraction of sp³-hybridized carbons (Fsp3) is 0.200. The number of hydrogen-bond acceptors (Lipinski definition) is 3. The Hall–Kier alpha value is -0.830. The molecule has 0 aliphatic heterocycles. The highest BCUT2D eigenvalue weighted by atomic mass is 35.5. The highest BCUT2D eigenvalue weighted by molar-refractivity contribution is 6.29. The van der Waals surface area contributed by atoms with Crippen LogP contribution in [0.1, 0.15) is 9.94 Å². The van der Waals surface area contributed by atoms with E-state index in [1.54, 1.807) is 0 Å². The van der Waals surface area contributed by atoms with Crippen molar-refractivity contribution in [2.24, 2.45) is 0 Å². The predicted molar refractivity (Wildman–Crippen MR) is 36.2 cm³/mol. The van der Waals surface area contributed by atoms with Gasteiger partial charge in [0.2, 0.25) is 0 Å². The zero-order chi connectivity index (χ0) is 9.35. The van der Waals surface area contributed by atoms with Gasteiger partial charge in [0.1, 0.15) is 16.8 Å². The topological polar surface area (TPSA) is 51.8 Å². The molecule has 4 heteroatoms. The molecule has 0 fully saturated rings. The number of aryl methyl sites for hydroxylation is 1. The normalized spacial score (nSPS) is 15.9. The summed E-state index contributed by atoms with van der Waals surface area (Å²) in [6, 6.07) is 1.29. The SMILES string of the molecule is [2H]C([2H])([2H])c1nc(N)cc(Cl)n1. The minimum Gasteiger partial charge on any atom is -0.384 e. The van der Waals surface area contributed by atoms with Crippen molar-refractivity contribution in [3.63, 3.8) is 0 Å². The van der Waals surface area contributed by atoms with Gasteiger partial charge in [-0.3, -0.25) is 0 Å². The Morgan fingerprint density at radius 2 is 2.56 bits per heavy atom. The highest BCUT2D eigenvalue weighted by Crippen LogP contribution is 2.06. The zero-order valence-electron chi connectivity index (χ0n) is 7.43. The van der Waals surface area contributed by atoms with Crippen LogP contribution in [0.2, 0.25) is 5.15 Å². The summed E-state index contributed by atoms with van der Waals surface area (Å²) in [7, 11) is 0. The molecule has 1 rings (SSSR count). The van der Waals surface area contributed by atoms with Crippen LogP contribution in [0.5, 0.6) is 0 Å². The van der Waals surface area contributed by atoms with Gasteiger partial charge in [-0.05, 0) is 6.85 Å². The molecular weight excluding hydrogens is 138 g/mol. The van der Waals surface area contributed by atoms with E-state index in [4.69, 9.17) is 21.4 Å². The molecular formula is C5H6ClN3. The minimum atomic E-state index is -2.36. The molecule has 0 spiro atoms. The van der Waals surface area contributed by atoms with E-state index in [1.807, 2.05) is 0 Å². The Morgan fingerprint density at radius 1 is 1.78 bits per heavy atom. The maximum absolute atomic E-state index is 6.96. The van der Waals surface area contributed by atoms with Gasteiger partial charge in [-0.15, -0.1) is 0 Å². The molecule has 0 aliphatic carbocycles. The largest absolute Gasteiger partial charge is 0.384 e. The number of nitrogen functional groups attached to an aromatic ring is 1. The molecule has 0 bridgehead atoms. The quantitative estimate of drug-likeness (QED) is 0.556. The number of nitrogens with zero attached hydrogens (tertiary/aromatic N) is 2. The average Bonchev–Trinajstić information content (AvgIpc) is 1.82. The third kappa shape index (κ3) is 1.54. The molecule has 0 atom stereocenters. The third-order valence-corrected chi connectivity index (χ3v) is 0.908. The van der Waals surface area contributed by atoms with E-state index in [-0.39, 0.29) is 16.8 Å². The van der Waals surface area contributed by atoms with E-state index in [0.29, 0.717) is 0 Å². The molecule has 0 amide bonds. The van der Waals surface area contributed by atoms with Gasteiger partial charge >= 0.3 is 0 Å². The van der Waals surface area contributed by atoms with Gasteiger partial charge in [0.25, 0.3) is 0 Å². The second-order valence-electron chi connectivity index (χ2n) is 1.44. The van der Waals surface area contributed by atoms with E-state index in [9.17, 15) is 0 Å². The number of anilines is 1. The van der Waals surface area contributed by atoms with Crippen LogP contribution < -0.4 is 5.73 Å². The van der Waals surface area contributed by atoms with Gasteiger partial charge in [0.05, 0.1) is 0 Å². The van der Waals surface area contributed by atoms with E-state index < -0.39 is 6.85 Å². The van der Waals surface area contributed by atoms with Gasteiger partial charge < -0.3 is 5.73 Å². The van der Waals surface area contributed by atoms with E-state index >= 15 is 0 Å². The lowest BCUT2D eigenvalue weighted by molar-refractivity contribution is 1.06. The Kier molecular flexibility index (Phi) is 0.818. The first-order chi connectivity index (χ1) is 5.39. The molecule has 9 heavy (non-hydrogen) atoms. The van der Waals surface area contributed by atoms with Crippen LogP contribution in [0, 0.1) is 6.85 Å². The van der Waals surface area contributed by atoms with E-state index in [0.717, 1.165) is 0 Å². The Bertz CT molecular complexity index is 278. The van der Waals surface area contributed by atoms with Crippen molar-refractivity contribution in [3.05, 3.63) is 17.0 Å². The van der Waals surface area contributed by atoms with Crippen LogP contribution in [-0.2, 0) is 0 Å². The fourth-order valence-corrected chi connectivity index (χ4v) is 0.627. The van der Waals surface area contributed by atoms with Crippen molar-refractivity contribution in [2.45, 2.75) is 6.85 Å². The zero-order valence-corrected chi connectivity index (χ0v) is 5.18. The maximum Gasteiger partial charge on any atom is 0.134 e. The van der Waals surface area contributed by atoms with Crippen molar-refractivity contribution in [1.82, 2.24) is 9.97 Å². The number of hydrogen-bond donors (Lipinski definition) is 1. The van der Waals surface area contributed by atoms with Crippen molar-refractivity contribution in [3.8, 4) is 0 Å². The van der Waals surface area contributed by atoms with Gasteiger partial charge in [-0.2, -0.15) is 0 Å². The van der Waals surface area contributed by atoms with Gasteiger partial charge in [-0.1, -0.05) is 11.6 Å². The van der Waals surface area contributed by atoms with E-state index in [2.05, 4.69) is 9.97 Å². The molecule has 1 heterocycles. The Balaban J connectivity index is 3.18. The Labute approximate surface area is 62.1 Å². The van der Waals surface area contributed by atoms with Crippen LogP contribution in [-0.4, -0.2) is 9.97 Å². The average molecular weight is 147 g/mol. The summed E-state index contributed by atoms with van der Waals surface area (Å²) in [6.45, 7) is -2.36. The summed E-state index contributed by atoms with van der Waals surface area (Å²) in [5.74, 6) is -0.270. The molecule has 48 valence electrons. The lowest BCUT2D eigenvalue weighted by Gasteiger charge is -1.93.